The van der Waals surface area contributed by atoms with Crippen LogP contribution in [0.3, 0.4) is 0 Å². The van der Waals surface area contributed by atoms with Crippen LogP contribution < -0.4 is 21.1 Å². The van der Waals surface area contributed by atoms with E-state index in [1.165, 1.54) is 24.4 Å². The Morgan fingerprint density at radius 2 is 1.85 bits per heavy atom. The van der Waals surface area contributed by atoms with E-state index in [-0.39, 0.29) is 35.0 Å². The molecule has 0 bridgehead atoms. The predicted molar refractivity (Wildman–Crippen MR) is 148 cm³/mol. The summed E-state index contributed by atoms with van der Waals surface area (Å²) in [6.07, 6.45) is 2.46. The lowest BCUT2D eigenvalue weighted by Crippen LogP contribution is -2.47. The number of nitrogens with zero attached hydrogens (tertiary/aromatic N) is 5. The normalized spacial score (nSPS) is 13.8. The molecule has 5 rings (SSSR count). The molecule has 1 aliphatic rings. The van der Waals surface area contributed by atoms with Gasteiger partial charge in [-0.3, -0.25) is 14.5 Å². The van der Waals surface area contributed by atoms with Crippen molar-refractivity contribution in [1.82, 2.24) is 24.8 Å². The molecule has 11 nitrogen and oxygen atoms in total. The first-order valence-electron chi connectivity index (χ1n) is 12.4. The smallest absolute Gasteiger partial charge is 0.262 e. The van der Waals surface area contributed by atoms with Crippen LogP contribution in [0.15, 0.2) is 66.1 Å². The lowest BCUT2D eigenvalue weighted by molar-refractivity contribution is -0.111. The highest BCUT2D eigenvalue weighted by Gasteiger charge is 2.17. The molecule has 200 valence electrons. The number of halogens is 1. The highest BCUT2D eigenvalue weighted by molar-refractivity contribution is 5.99. The quantitative estimate of drug-likeness (QED) is 0.253. The molecule has 12 heteroatoms. The fraction of sp³-hybridized carbons (Fsp3) is 0.222. The average Bonchev–Trinajstić information content (AvgIpc) is 2.95. The Labute approximate surface area is 223 Å². The maximum absolute atomic E-state index is 14.6. The van der Waals surface area contributed by atoms with E-state index in [1.807, 2.05) is 24.3 Å². The molecule has 1 aliphatic heterocycles. The number of fused-ring (bicyclic) bond motifs is 1. The van der Waals surface area contributed by atoms with Gasteiger partial charge < -0.3 is 25.6 Å². The van der Waals surface area contributed by atoms with Crippen molar-refractivity contribution >= 4 is 40.0 Å². The molecule has 3 heterocycles. The Hall–Kier alpha value is -4.68. The lowest BCUT2D eigenvalue weighted by Gasteiger charge is -2.35. The Morgan fingerprint density at radius 1 is 1.10 bits per heavy atom. The molecule has 1 saturated heterocycles. The molecule has 4 N–H and O–H groups in total. The molecular formula is C27H27FN8O3. The standard InChI is InChI=1S/C27H27FN8O3/c1-2-23(38)30-18-5-8-22(28)20(15-18)24-32-25-21(26(39)33-24)16-29-27(34-25)31-17-3-6-19(7-4-17)36-11-9-35(10-12-36)13-14-37/h2-8,15-16,37H,1,9-14H2,(H,30,38)(H2,29,31,32,33,34,39). The summed E-state index contributed by atoms with van der Waals surface area (Å²) < 4.78 is 14.6. The van der Waals surface area contributed by atoms with Crippen LogP contribution in [-0.2, 0) is 4.79 Å². The van der Waals surface area contributed by atoms with Crippen LogP contribution in [0.4, 0.5) is 27.4 Å². The summed E-state index contributed by atoms with van der Waals surface area (Å²) in [5, 5.41) is 14.9. The van der Waals surface area contributed by atoms with Crippen LogP contribution in [0.2, 0.25) is 0 Å². The minimum atomic E-state index is -0.628. The van der Waals surface area contributed by atoms with Crippen molar-refractivity contribution in [1.29, 1.82) is 0 Å². The minimum Gasteiger partial charge on any atom is -0.395 e. The second kappa shape index (κ2) is 11.4. The van der Waals surface area contributed by atoms with Gasteiger partial charge in [-0.2, -0.15) is 4.98 Å². The van der Waals surface area contributed by atoms with Gasteiger partial charge in [-0.15, -0.1) is 0 Å². The van der Waals surface area contributed by atoms with Crippen LogP contribution in [0.25, 0.3) is 22.4 Å². The maximum Gasteiger partial charge on any atom is 0.262 e. The molecule has 0 unspecified atom stereocenters. The van der Waals surface area contributed by atoms with Crippen molar-refractivity contribution in [3.63, 3.8) is 0 Å². The first-order chi connectivity index (χ1) is 18.9. The van der Waals surface area contributed by atoms with Crippen molar-refractivity contribution in [3.05, 3.63) is 77.5 Å². The zero-order valence-electron chi connectivity index (χ0n) is 21.0. The Bertz CT molecular complexity index is 1570. The molecule has 0 saturated carbocycles. The summed E-state index contributed by atoms with van der Waals surface area (Å²) in [5.41, 5.74) is 1.72. The number of aromatic nitrogens is 4. The Morgan fingerprint density at radius 3 is 2.56 bits per heavy atom. The van der Waals surface area contributed by atoms with Gasteiger partial charge >= 0.3 is 0 Å². The van der Waals surface area contributed by atoms with E-state index in [4.69, 9.17) is 5.11 Å². The Kier molecular flexibility index (Phi) is 7.57. The second-order valence-corrected chi connectivity index (χ2v) is 8.96. The van der Waals surface area contributed by atoms with Crippen molar-refractivity contribution in [3.8, 4) is 11.4 Å². The van der Waals surface area contributed by atoms with Crippen LogP contribution in [0.5, 0.6) is 0 Å². The van der Waals surface area contributed by atoms with Gasteiger partial charge in [-0.1, -0.05) is 6.58 Å². The van der Waals surface area contributed by atoms with Gasteiger partial charge in [-0.25, -0.2) is 14.4 Å². The summed E-state index contributed by atoms with van der Waals surface area (Å²) in [6.45, 7) is 7.82. The van der Waals surface area contributed by atoms with Crippen molar-refractivity contribution in [2.45, 2.75) is 0 Å². The number of aliphatic hydroxyl groups excluding tert-OH is 1. The number of carbonyl (C=O) groups is 1. The van der Waals surface area contributed by atoms with Crippen molar-refractivity contribution < 1.29 is 14.3 Å². The van der Waals surface area contributed by atoms with Gasteiger partial charge in [0.05, 0.1) is 12.2 Å². The number of nitrogens with one attached hydrogen (secondary N) is 3. The number of anilines is 4. The molecule has 2 aromatic carbocycles. The summed E-state index contributed by atoms with van der Waals surface area (Å²) in [7, 11) is 0. The number of hydrogen-bond donors (Lipinski definition) is 4. The van der Waals surface area contributed by atoms with E-state index in [0.717, 1.165) is 43.6 Å². The summed E-state index contributed by atoms with van der Waals surface area (Å²) in [5.74, 6) is -0.891. The number of rotatable bonds is 8. The minimum absolute atomic E-state index is 0.00299. The van der Waals surface area contributed by atoms with Crippen LogP contribution in [-0.4, -0.2) is 75.2 Å². The monoisotopic (exact) mass is 530 g/mol. The van der Waals surface area contributed by atoms with E-state index in [9.17, 15) is 14.0 Å². The number of hydrogen-bond acceptors (Lipinski definition) is 9. The van der Waals surface area contributed by atoms with Gasteiger partial charge in [0.2, 0.25) is 11.9 Å². The van der Waals surface area contributed by atoms with E-state index in [0.29, 0.717) is 12.2 Å². The van der Waals surface area contributed by atoms with Crippen LogP contribution in [0, 0.1) is 5.82 Å². The number of aromatic amines is 1. The topological polar surface area (TPSA) is 139 Å². The molecule has 0 aliphatic carbocycles. The SMILES string of the molecule is C=CC(=O)Nc1ccc(F)c(-c2nc3nc(Nc4ccc(N5CCN(CCO)CC5)cc4)ncc3c(=O)[nH]2)c1. The first-order valence-corrected chi connectivity index (χ1v) is 12.4. The zero-order valence-corrected chi connectivity index (χ0v) is 21.0. The number of aliphatic hydroxyl groups is 1. The van der Waals surface area contributed by atoms with Gasteiger partial charge in [0.1, 0.15) is 17.0 Å². The van der Waals surface area contributed by atoms with Crippen molar-refractivity contribution in [2.75, 3.05) is 54.9 Å². The van der Waals surface area contributed by atoms with Gasteiger partial charge in [-0.05, 0) is 48.5 Å². The lowest BCUT2D eigenvalue weighted by atomic mass is 10.1. The largest absolute Gasteiger partial charge is 0.395 e. The third kappa shape index (κ3) is 5.92. The predicted octanol–water partition coefficient (Wildman–Crippen LogP) is 2.50. The van der Waals surface area contributed by atoms with Crippen LogP contribution >= 0.6 is 0 Å². The molecule has 0 atom stereocenters. The fourth-order valence-corrected chi connectivity index (χ4v) is 4.35. The number of piperazine rings is 1. The maximum atomic E-state index is 14.6. The van der Waals surface area contributed by atoms with Gasteiger partial charge in [0.25, 0.3) is 5.56 Å². The average molecular weight is 531 g/mol. The van der Waals surface area contributed by atoms with Gasteiger partial charge in [0, 0.05) is 56.0 Å². The number of H-pyrrole nitrogens is 1. The van der Waals surface area contributed by atoms with E-state index < -0.39 is 17.3 Å². The molecule has 1 fully saturated rings. The van der Waals surface area contributed by atoms with Gasteiger partial charge in [0.15, 0.2) is 5.65 Å². The molecule has 4 aromatic rings. The highest BCUT2D eigenvalue weighted by Crippen LogP contribution is 2.25. The van der Waals surface area contributed by atoms with Crippen molar-refractivity contribution in [2.24, 2.45) is 0 Å². The van der Waals surface area contributed by atoms with E-state index in [2.05, 4.69) is 46.9 Å². The third-order valence-corrected chi connectivity index (χ3v) is 6.41. The zero-order chi connectivity index (χ0) is 27.4. The first kappa shape index (κ1) is 25.9. The second-order valence-electron chi connectivity index (χ2n) is 8.96. The number of carbonyl (C=O) groups excluding carboxylic acids is 1. The molecular weight excluding hydrogens is 503 g/mol. The third-order valence-electron chi connectivity index (χ3n) is 6.41. The summed E-state index contributed by atoms with van der Waals surface area (Å²) >= 11 is 0. The molecule has 1 amide bonds. The molecule has 0 radical (unpaired) electrons. The number of β-amino-alcohol motifs (C(OH)–C–C–N with tert-alkyl or cyclic N) is 1. The molecule has 2 aromatic heterocycles. The summed E-state index contributed by atoms with van der Waals surface area (Å²) in [6, 6.07) is 11.8. The molecule has 0 spiro atoms. The molecule has 39 heavy (non-hydrogen) atoms. The van der Waals surface area contributed by atoms with E-state index >= 15 is 0 Å². The highest BCUT2D eigenvalue weighted by atomic mass is 19.1. The van der Waals surface area contributed by atoms with E-state index in [1.54, 1.807) is 0 Å². The summed E-state index contributed by atoms with van der Waals surface area (Å²) in [4.78, 5) is 44.4. The number of amides is 1. The number of benzene rings is 2. The Balaban J connectivity index is 1.35. The van der Waals surface area contributed by atoms with Crippen LogP contribution in [0.1, 0.15) is 0 Å². The fourth-order valence-electron chi connectivity index (χ4n) is 4.35.